The highest BCUT2D eigenvalue weighted by molar-refractivity contribution is 5.83. The Bertz CT molecular complexity index is 453. The van der Waals surface area contributed by atoms with E-state index < -0.39 is 18.0 Å². The van der Waals surface area contributed by atoms with Gasteiger partial charge in [-0.25, -0.2) is 4.79 Å². The van der Waals surface area contributed by atoms with Crippen molar-refractivity contribution in [2.75, 3.05) is 0 Å². The molecule has 0 aromatic carbocycles. The quantitative estimate of drug-likeness (QED) is 0.182. The molecule has 0 aromatic rings. The number of hydrogen-bond donors (Lipinski definition) is 3. The molecule has 0 heterocycles. The number of unbranched alkanes of at least 4 members (excludes halogenated alkanes) is 15. The van der Waals surface area contributed by atoms with Crippen LogP contribution in [-0.4, -0.2) is 34.1 Å². The maximum absolute atomic E-state index is 11.8. The summed E-state index contributed by atoms with van der Waals surface area (Å²) in [4.78, 5) is 33.4. The first-order chi connectivity index (χ1) is 14.5. The number of aliphatic carboxylic acids is 2. The average molecular weight is 428 g/mol. The lowest BCUT2D eigenvalue weighted by Gasteiger charge is -2.13. The van der Waals surface area contributed by atoms with Crippen LogP contribution in [0.5, 0.6) is 0 Å². The molecule has 0 saturated carbocycles. The predicted molar refractivity (Wildman–Crippen MR) is 121 cm³/mol. The van der Waals surface area contributed by atoms with Gasteiger partial charge in [-0.2, -0.15) is 0 Å². The fourth-order valence-electron chi connectivity index (χ4n) is 3.63. The summed E-state index contributed by atoms with van der Waals surface area (Å²) in [5.41, 5.74) is 0. The van der Waals surface area contributed by atoms with Gasteiger partial charge in [0.1, 0.15) is 6.04 Å². The number of hydrogen-bond acceptors (Lipinski definition) is 3. The van der Waals surface area contributed by atoms with E-state index >= 15 is 0 Å². The fraction of sp³-hybridized carbons (Fsp3) is 0.875. The van der Waals surface area contributed by atoms with Crippen LogP contribution in [0.1, 0.15) is 129 Å². The van der Waals surface area contributed by atoms with E-state index in [9.17, 15) is 14.4 Å². The maximum atomic E-state index is 11.8. The molecule has 6 nitrogen and oxygen atoms in total. The summed E-state index contributed by atoms with van der Waals surface area (Å²) in [6.07, 6.45) is 20.2. The largest absolute Gasteiger partial charge is 0.481 e. The average Bonchev–Trinajstić information content (AvgIpc) is 2.70. The third kappa shape index (κ3) is 19.7. The smallest absolute Gasteiger partial charge is 0.326 e. The first-order valence-electron chi connectivity index (χ1n) is 12.2. The van der Waals surface area contributed by atoms with Crippen molar-refractivity contribution in [1.82, 2.24) is 5.32 Å². The number of amides is 1. The Morgan fingerprint density at radius 3 is 1.40 bits per heavy atom. The van der Waals surface area contributed by atoms with Gasteiger partial charge in [0.25, 0.3) is 0 Å². The van der Waals surface area contributed by atoms with Crippen molar-refractivity contribution < 1.29 is 24.6 Å². The van der Waals surface area contributed by atoms with Crippen molar-refractivity contribution in [2.45, 2.75) is 135 Å². The lowest BCUT2D eigenvalue weighted by molar-refractivity contribution is -0.143. The van der Waals surface area contributed by atoms with E-state index in [4.69, 9.17) is 10.2 Å². The first-order valence-corrected chi connectivity index (χ1v) is 12.2. The highest BCUT2D eigenvalue weighted by Gasteiger charge is 2.20. The number of carboxylic acid groups (broad SMARTS) is 2. The standard InChI is InChI=1S/C24H45NO5/c1-2-3-4-5-6-7-8-9-10-11-12-13-14-15-16-17-18-22(26)25-21(24(29)30)19-20-23(27)28/h21H,2-20H2,1H3,(H,25,26)(H,27,28)(H,29,30)/t21-/m0/s1. The Balaban J connectivity index is 3.43. The first kappa shape index (κ1) is 28.4. The molecule has 0 aliphatic carbocycles. The number of carbonyl (C=O) groups is 3. The molecule has 1 amide bonds. The van der Waals surface area contributed by atoms with Crippen LogP contribution in [0, 0.1) is 0 Å². The molecular weight excluding hydrogens is 382 g/mol. The minimum Gasteiger partial charge on any atom is -0.481 e. The highest BCUT2D eigenvalue weighted by atomic mass is 16.4. The minimum atomic E-state index is -1.18. The molecule has 0 aromatic heterocycles. The zero-order valence-corrected chi connectivity index (χ0v) is 19.1. The van der Waals surface area contributed by atoms with Gasteiger partial charge >= 0.3 is 11.9 Å². The van der Waals surface area contributed by atoms with Crippen molar-refractivity contribution in [3.63, 3.8) is 0 Å². The summed E-state index contributed by atoms with van der Waals surface area (Å²) >= 11 is 0. The van der Waals surface area contributed by atoms with Crippen LogP contribution in [0.4, 0.5) is 0 Å². The third-order valence-electron chi connectivity index (χ3n) is 5.54. The van der Waals surface area contributed by atoms with Crippen LogP contribution >= 0.6 is 0 Å². The molecule has 1 atom stereocenters. The summed E-state index contributed by atoms with van der Waals surface area (Å²) in [5, 5.41) is 20.1. The van der Waals surface area contributed by atoms with Crippen LogP contribution in [0.3, 0.4) is 0 Å². The fourth-order valence-corrected chi connectivity index (χ4v) is 3.63. The summed E-state index contributed by atoms with van der Waals surface area (Å²) in [7, 11) is 0. The SMILES string of the molecule is CCCCCCCCCCCCCCCCCCC(=O)N[C@@H](CCC(=O)O)C(=O)O. The molecule has 0 rings (SSSR count). The normalized spacial score (nSPS) is 11.9. The predicted octanol–water partition coefficient (Wildman–Crippen LogP) is 6.07. The molecule has 0 unspecified atom stereocenters. The van der Waals surface area contributed by atoms with Crippen molar-refractivity contribution in [3.05, 3.63) is 0 Å². The summed E-state index contributed by atoms with van der Waals surface area (Å²) in [5.74, 6) is -2.55. The molecule has 0 fully saturated rings. The molecule has 0 aliphatic heterocycles. The molecule has 6 heteroatoms. The lowest BCUT2D eigenvalue weighted by Crippen LogP contribution is -2.41. The monoisotopic (exact) mass is 427 g/mol. The maximum Gasteiger partial charge on any atom is 0.326 e. The highest BCUT2D eigenvalue weighted by Crippen LogP contribution is 2.14. The Labute approximate surface area is 183 Å². The van der Waals surface area contributed by atoms with E-state index in [1.807, 2.05) is 0 Å². The number of nitrogens with one attached hydrogen (secondary N) is 1. The molecule has 0 spiro atoms. The van der Waals surface area contributed by atoms with Gasteiger partial charge in [0, 0.05) is 12.8 Å². The van der Waals surface area contributed by atoms with E-state index in [1.54, 1.807) is 0 Å². The Hall–Kier alpha value is -1.59. The lowest BCUT2D eigenvalue weighted by atomic mass is 10.0. The molecular formula is C24H45NO5. The Morgan fingerprint density at radius 2 is 1.03 bits per heavy atom. The van der Waals surface area contributed by atoms with Crippen LogP contribution in [0.25, 0.3) is 0 Å². The molecule has 3 N–H and O–H groups in total. The van der Waals surface area contributed by atoms with Gasteiger partial charge in [-0.15, -0.1) is 0 Å². The number of carbonyl (C=O) groups excluding carboxylic acids is 1. The number of carboxylic acids is 2. The van der Waals surface area contributed by atoms with Gasteiger partial charge in [-0.1, -0.05) is 103 Å². The van der Waals surface area contributed by atoms with Crippen LogP contribution in [0.2, 0.25) is 0 Å². The zero-order valence-electron chi connectivity index (χ0n) is 19.1. The minimum absolute atomic E-state index is 0.0879. The van der Waals surface area contributed by atoms with Gasteiger partial charge < -0.3 is 15.5 Å². The molecule has 0 radical (unpaired) electrons. The second-order valence-electron chi connectivity index (χ2n) is 8.44. The van der Waals surface area contributed by atoms with E-state index in [0.717, 1.165) is 19.3 Å². The Morgan fingerprint density at radius 1 is 0.633 bits per heavy atom. The molecule has 176 valence electrons. The topological polar surface area (TPSA) is 104 Å². The summed E-state index contributed by atoms with van der Waals surface area (Å²) < 4.78 is 0. The van der Waals surface area contributed by atoms with E-state index in [0.29, 0.717) is 6.42 Å². The molecule has 0 aliphatic rings. The van der Waals surface area contributed by atoms with Crippen molar-refractivity contribution in [3.8, 4) is 0 Å². The third-order valence-corrected chi connectivity index (χ3v) is 5.54. The van der Waals surface area contributed by atoms with Crippen LogP contribution in [0.15, 0.2) is 0 Å². The van der Waals surface area contributed by atoms with Gasteiger partial charge in [-0.3, -0.25) is 9.59 Å². The zero-order chi connectivity index (χ0) is 22.5. The van der Waals surface area contributed by atoms with Gasteiger partial charge in [-0.05, 0) is 12.8 Å². The summed E-state index contributed by atoms with van der Waals surface area (Å²) in [6, 6.07) is -1.12. The molecule has 0 saturated heterocycles. The van der Waals surface area contributed by atoms with E-state index in [-0.39, 0.29) is 18.7 Å². The number of rotatable bonds is 22. The second kappa shape index (κ2) is 20.7. The van der Waals surface area contributed by atoms with E-state index in [2.05, 4.69) is 12.2 Å². The second-order valence-corrected chi connectivity index (χ2v) is 8.44. The van der Waals surface area contributed by atoms with Gasteiger partial charge in [0.05, 0.1) is 0 Å². The van der Waals surface area contributed by atoms with Crippen LogP contribution in [-0.2, 0) is 14.4 Å². The van der Waals surface area contributed by atoms with Crippen LogP contribution < -0.4 is 5.32 Å². The van der Waals surface area contributed by atoms with Gasteiger partial charge in [0.2, 0.25) is 5.91 Å². The van der Waals surface area contributed by atoms with Crippen molar-refractivity contribution in [2.24, 2.45) is 0 Å². The van der Waals surface area contributed by atoms with E-state index in [1.165, 1.54) is 83.5 Å². The van der Waals surface area contributed by atoms with Gasteiger partial charge in [0.15, 0.2) is 0 Å². The molecule has 30 heavy (non-hydrogen) atoms. The summed E-state index contributed by atoms with van der Waals surface area (Å²) in [6.45, 7) is 2.26. The molecule has 0 bridgehead atoms. The van der Waals surface area contributed by atoms with Crippen molar-refractivity contribution >= 4 is 17.8 Å². The van der Waals surface area contributed by atoms with Crippen molar-refractivity contribution in [1.29, 1.82) is 0 Å². The Kier molecular flexibility index (Phi) is 19.6.